The first kappa shape index (κ1) is 12.8. The zero-order chi connectivity index (χ0) is 12.2. The molecule has 0 heterocycles. The fourth-order valence-electron chi connectivity index (χ4n) is 1.54. The Morgan fingerprint density at radius 2 is 2.00 bits per heavy atom. The largest absolute Gasteiger partial charge is 0.493 e. The Balaban J connectivity index is 3.11. The minimum absolute atomic E-state index is 0.0118. The number of rotatable bonds is 4. The van der Waals surface area contributed by atoms with E-state index in [9.17, 15) is 4.79 Å². The Labute approximate surface area is 97.6 Å². The summed E-state index contributed by atoms with van der Waals surface area (Å²) >= 11 is 0. The van der Waals surface area contributed by atoms with Crippen LogP contribution in [0, 0.1) is 0 Å². The van der Waals surface area contributed by atoms with E-state index in [4.69, 9.17) is 4.74 Å². The van der Waals surface area contributed by atoms with Crippen molar-refractivity contribution in [3.63, 3.8) is 0 Å². The monoisotopic (exact) mass is 220 g/mol. The summed E-state index contributed by atoms with van der Waals surface area (Å²) in [7, 11) is 0. The molecular formula is C14H20O2. The molecule has 0 N–H and O–H groups in total. The Hall–Kier alpha value is -1.31. The van der Waals surface area contributed by atoms with E-state index in [-0.39, 0.29) is 5.41 Å². The molecule has 0 fully saturated rings. The topological polar surface area (TPSA) is 26.3 Å². The van der Waals surface area contributed by atoms with Gasteiger partial charge in [-0.25, -0.2) is 0 Å². The molecule has 88 valence electrons. The summed E-state index contributed by atoms with van der Waals surface area (Å²) in [4.78, 5) is 10.8. The summed E-state index contributed by atoms with van der Waals surface area (Å²) < 4.78 is 5.70. The van der Waals surface area contributed by atoms with Gasteiger partial charge in [0.15, 0.2) is 0 Å². The van der Waals surface area contributed by atoms with E-state index in [0.29, 0.717) is 12.2 Å². The summed E-state index contributed by atoms with van der Waals surface area (Å²) in [5.41, 5.74) is 1.78. The molecule has 2 nitrogen and oxygen atoms in total. The molecule has 0 amide bonds. The number of benzene rings is 1. The van der Waals surface area contributed by atoms with Crippen molar-refractivity contribution in [2.24, 2.45) is 0 Å². The van der Waals surface area contributed by atoms with E-state index in [0.717, 1.165) is 24.0 Å². The highest BCUT2D eigenvalue weighted by atomic mass is 16.5. The van der Waals surface area contributed by atoms with Crippen LogP contribution >= 0.6 is 0 Å². The standard InChI is InChI=1S/C14H20O2/c1-5-8-16-13-7-6-11(10-15)9-12(13)14(2,3)4/h6-7,9-10H,5,8H2,1-4H3. The number of hydrogen-bond donors (Lipinski definition) is 0. The van der Waals surface area contributed by atoms with Crippen LogP contribution in [0.4, 0.5) is 0 Å². The van der Waals surface area contributed by atoms with E-state index < -0.39 is 0 Å². The molecule has 0 aromatic heterocycles. The highest BCUT2D eigenvalue weighted by molar-refractivity contribution is 5.75. The van der Waals surface area contributed by atoms with Crippen molar-refractivity contribution in [3.05, 3.63) is 29.3 Å². The van der Waals surface area contributed by atoms with E-state index >= 15 is 0 Å². The molecule has 0 saturated carbocycles. The Morgan fingerprint density at radius 1 is 1.31 bits per heavy atom. The van der Waals surface area contributed by atoms with Gasteiger partial charge in [-0.05, 0) is 30.0 Å². The molecule has 0 aliphatic carbocycles. The van der Waals surface area contributed by atoms with Gasteiger partial charge in [-0.1, -0.05) is 27.7 Å². The number of hydrogen-bond acceptors (Lipinski definition) is 2. The molecule has 1 aromatic carbocycles. The van der Waals surface area contributed by atoms with Crippen LogP contribution in [0.25, 0.3) is 0 Å². The Kier molecular flexibility index (Phi) is 4.11. The summed E-state index contributed by atoms with van der Waals surface area (Å²) in [6, 6.07) is 5.60. The number of ether oxygens (including phenoxy) is 1. The minimum Gasteiger partial charge on any atom is -0.493 e. The molecule has 0 unspecified atom stereocenters. The lowest BCUT2D eigenvalue weighted by molar-refractivity contribution is 0.112. The summed E-state index contributed by atoms with van der Waals surface area (Å²) in [6.07, 6.45) is 1.86. The van der Waals surface area contributed by atoms with E-state index in [2.05, 4.69) is 27.7 Å². The van der Waals surface area contributed by atoms with Crippen LogP contribution in [0.2, 0.25) is 0 Å². The maximum Gasteiger partial charge on any atom is 0.150 e. The molecule has 0 radical (unpaired) electrons. The highest BCUT2D eigenvalue weighted by Crippen LogP contribution is 2.32. The number of carbonyl (C=O) groups excluding carboxylic acids is 1. The van der Waals surface area contributed by atoms with Crippen molar-refractivity contribution in [1.82, 2.24) is 0 Å². The van der Waals surface area contributed by atoms with Crippen LogP contribution in [0.1, 0.15) is 50.0 Å². The van der Waals surface area contributed by atoms with Gasteiger partial charge in [0.1, 0.15) is 12.0 Å². The van der Waals surface area contributed by atoms with Gasteiger partial charge in [0.05, 0.1) is 6.61 Å². The SMILES string of the molecule is CCCOc1ccc(C=O)cc1C(C)(C)C. The fourth-order valence-corrected chi connectivity index (χ4v) is 1.54. The summed E-state index contributed by atoms with van der Waals surface area (Å²) in [5, 5.41) is 0. The van der Waals surface area contributed by atoms with Gasteiger partial charge in [0.2, 0.25) is 0 Å². The molecule has 0 saturated heterocycles. The lowest BCUT2D eigenvalue weighted by Crippen LogP contribution is -2.14. The highest BCUT2D eigenvalue weighted by Gasteiger charge is 2.19. The molecule has 0 aliphatic rings. The van der Waals surface area contributed by atoms with Gasteiger partial charge >= 0.3 is 0 Å². The fraction of sp³-hybridized carbons (Fsp3) is 0.500. The first-order chi connectivity index (χ1) is 7.49. The van der Waals surface area contributed by atoms with Gasteiger partial charge in [0, 0.05) is 11.1 Å². The maximum absolute atomic E-state index is 10.8. The molecular weight excluding hydrogens is 200 g/mol. The molecule has 1 aromatic rings. The second-order valence-corrected chi connectivity index (χ2v) is 4.97. The normalized spacial score (nSPS) is 11.2. The maximum atomic E-state index is 10.8. The molecule has 0 spiro atoms. The first-order valence-electron chi connectivity index (χ1n) is 5.71. The third-order valence-corrected chi connectivity index (χ3v) is 2.41. The third kappa shape index (κ3) is 3.09. The van der Waals surface area contributed by atoms with Crippen molar-refractivity contribution in [3.8, 4) is 5.75 Å². The van der Waals surface area contributed by atoms with Gasteiger partial charge in [0.25, 0.3) is 0 Å². The van der Waals surface area contributed by atoms with Crippen LogP contribution in [-0.4, -0.2) is 12.9 Å². The van der Waals surface area contributed by atoms with Crippen LogP contribution in [-0.2, 0) is 5.41 Å². The third-order valence-electron chi connectivity index (χ3n) is 2.41. The Morgan fingerprint density at radius 3 is 2.50 bits per heavy atom. The number of aldehydes is 1. The van der Waals surface area contributed by atoms with Crippen molar-refractivity contribution >= 4 is 6.29 Å². The smallest absolute Gasteiger partial charge is 0.150 e. The second-order valence-electron chi connectivity index (χ2n) is 4.97. The van der Waals surface area contributed by atoms with E-state index in [1.165, 1.54) is 0 Å². The molecule has 0 aliphatic heterocycles. The van der Waals surface area contributed by atoms with Gasteiger partial charge in [-0.2, -0.15) is 0 Å². The molecule has 16 heavy (non-hydrogen) atoms. The Bertz CT molecular complexity index is 361. The number of carbonyl (C=O) groups is 1. The van der Waals surface area contributed by atoms with Crippen LogP contribution < -0.4 is 4.74 Å². The van der Waals surface area contributed by atoms with Crippen molar-refractivity contribution in [1.29, 1.82) is 0 Å². The molecule has 1 rings (SSSR count). The predicted octanol–water partition coefficient (Wildman–Crippen LogP) is 3.59. The van der Waals surface area contributed by atoms with Crippen molar-refractivity contribution in [2.45, 2.75) is 39.5 Å². The first-order valence-corrected chi connectivity index (χ1v) is 5.71. The predicted molar refractivity (Wildman–Crippen MR) is 66.3 cm³/mol. The molecule has 0 bridgehead atoms. The molecule has 2 heteroatoms. The van der Waals surface area contributed by atoms with Crippen LogP contribution in [0.15, 0.2) is 18.2 Å². The van der Waals surface area contributed by atoms with E-state index in [1.54, 1.807) is 6.07 Å². The summed E-state index contributed by atoms with van der Waals surface area (Å²) in [5.74, 6) is 0.889. The van der Waals surface area contributed by atoms with E-state index in [1.807, 2.05) is 12.1 Å². The lowest BCUT2D eigenvalue weighted by Gasteiger charge is -2.23. The zero-order valence-electron chi connectivity index (χ0n) is 10.5. The average molecular weight is 220 g/mol. The van der Waals surface area contributed by atoms with Gasteiger partial charge in [-0.15, -0.1) is 0 Å². The summed E-state index contributed by atoms with van der Waals surface area (Å²) in [6.45, 7) is 9.15. The lowest BCUT2D eigenvalue weighted by atomic mass is 9.85. The quantitative estimate of drug-likeness (QED) is 0.725. The minimum atomic E-state index is -0.0118. The zero-order valence-corrected chi connectivity index (χ0v) is 10.5. The van der Waals surface area contributed by atoms with Crippen LogP contribution in [0.3, 0.4) is 0 Å². The van der Waals surface area contributed by atoms with Gasteiger partial charge in [-0.3, -0.25) is 4.79 Å². The second kappa shape index (κ2) is 5.15. The molecule has 0 atom stereocenters. The van der Waals surface area contributed by atoms with Crippen LogP contribution in [0.5, 0.6) is 5.75 Å². The average Bonchev–Trinajstić information content (AvgIpc) is 2.25. The van der Waals surface area contributed by atoms with Crippen molar-refractivity contribution in [2.75, 3.05) is 6.61 Å². The van der Waals surface area contributed by atoms with Gasteiger partial charge < -0.3 is 4.74 Å². The van der Waals surface area contributed by atoms with Crippen molar-refractivity contribution < 1.29 is 9.53 Å².